The molecule has 12 heavy (non-hydrogen) atoms. The van der Waals surface area contributed by atoms with Crippen LogP contribution in [0.4, 0.5) is 0 Å². The Labute approximate surface area is 74.4 Å². The first kappa shape index (κ1) is 9.13. The van der Waals surface area contributed by atoms with Crippen molar-refractivity contribution in [3.05, 3.63) is 29.8 Å². The molecule has 0 bridgehead atoms. The van der Waals surface area contributed by atoms with Crippen molar-refractivity contribution < 1.29 is 4.46 Å². The quantitative estimate of drug-likeness (QED) is 0.693. The average Bonchev–Trinajstić information content (AvgIpc) is 2.06. The first-order chi connectivity index (χ1) is 5.74. The van der Waals surface area contributed by atoms with Crippen LogP contribution in [0.15, 0.2) is 24.3 Å². The van der Waals surface area contributed by atoms with Crippen molar-refractivity contribution in [3.63, 3.8) is 0 Å². The fourth-order valence-electron chi connectivity index (χ4n) is 0.968. The Kier molecular flexibility index (Phi) is 3.16. The molecule has 0 heterocycles. The highest BCUT2D eigenvalue weighted by Crippen LogP contribution is 1.91. The molecular formula is C9H13NOSi. The van der Waals surface area contributed by atoms with E-state index in [9.17, 15) is 4.46 Å². The number of aryl methyl sites for hydroxylation is 1. The highest BCUT2D eigenvalue weighted by molar-refractivity contribution is 6.57. The molecule has 0 aliphatic carbocycles. The van der Waals surface area contributed by atoms with Gasteiger partial charge in [0, 0.05) is 11.7 Å². The first-order valence-corrected chi connectivity index (χ1v) is 5.49. The van der Waals surface area contributed by atoms with E-state index in [-0.39, 0.29) is 0 Å². The Hall–Kier alpha value is -0.963. The van der Waals surface area contributed by atoms with Gasteiger partial charge >= 0.3 is 8.84 Å². The molecular weight excluding hydrogens is 166 g/mol. The molecule has 0 saturated carbocycles. The van der Waals surface area contributed by atoms with Gasteiger partial charge in [0.05, 0.1) is 0 Å². The normalized spacial score (nSPS) is 9.50. The lowest BCUT2D eigenvalue weighted by Crippen LogP contribution is -2.36. The van der Waals surface area contributed by atoms with Gasteiger partial charge in [0.2, 0.25) is 0 Å². The van der Waals surface area contributed by atoms with Crippen LogP contribution in [0.1, 0.15) is 12.5 Å². The van der Waals surface area contributed by atoms with Gasteiger partial charge in [-0.2, -0.15) is 0 Å². The summed E-state index contributed by atoms with van der Waals surface area (Å²) in [6.45, 7) is 4.73. The molecule has 0 amide bonds. The van der Waals surface area contributed by atoms with Crippen LogP contribution in [0.25, 0.3) is 0 Å². The van der Waals surface area contributed by atoms with E-state index in [4.69, 9.17) is 0 Å². The van der Waals surface area contributed by atoms with E-state index >= 15 is 0 Å². The zero-order chi connectivity index (χ0) is 8.97. The smallest absolute Gasteiger partial charge is 0.387 e. The summed E-state index contributed by atoms with van der Waals surface area (Å²) >= 11 is 0. The third-order valence-electron chi connectivity index (χ3n) is 1.65. The predicted octanol–water partition coefficient (Wildman–Crippen LogP) is 0.730. The number of hydrogen-bond donors (Lipinski definition) is 1. The number of hydrogen-bond acceptors (Lipinski definition) is 1. The van der Waals surface area contributed by atoms with Crippen molar-refractivity contribution in [3.8, 4) is 0 Å². The summed E-state index contributed by atoms with van der Waals surface area (Å²) < 4.78 is 11.4. The van der Waals surface area contributed by atoms with Crippen LogP contribution in [0, 0.1) is 6.92 Å². The van der Waals surface area contributed by atoms with Gasteiger partial charge in [-0.15, -0.1) is 0 Å². The summed E-state index contributed by atoms with van der Waals surface area (Å²) in [5.74, 6) is 0. The lowest BCUT2D eigenvalue weighted by Gasteiger charge is -1.99. The molecule has 0 spiro atoms. The lowest BCUT2D eigenvalue weighted by atomic mass is 10.2. The largest absolute Gasteiger partial charge is 0.428 e. The predicted molar refractivity (Wildman–Crippen MR) is 50.9 cm³/mol. The number of nitrogens with one attached hydrogen (secondary N) is 1. The Morgan fingerprint density at radius 2 is 1.92 bits per heavy atom. The van der Waals surface area contributed by atoms with E-state index in [0.717, 1.165) is 11.7 Å². The molecule has 2 nitrogen and oxygen atoms in total. The topological polar surface area (TPSA) is 29.1 Å². The minimum atomic E-state index is -1.73. The zero-order valence-corrected chi connectivity index (χ0v) is 8.42. The molecule has 0 aliphatic heterocycles. The van der Waals surface area contributed by atoms with E-state index in [2.05, 4.69) is 4.98 Å². The highest BCUT2D eigenvalue weighted by Gasteiger charge is 2.05. The van der Waals surface area contributed by atoms with Gasteiger partial charge in [-0.1, -0.05) is 29.8 Å². The van der Waals surface area contributed by atoms with Crippen LogP contribution >= 0.6 is 0 Å². The molecule has 0 fully saturated rings. The maximum atomic E-state index is 11.4. The molecule has 1 aromatic rings. The van der Waals surface area contributed by atoms with Gasteiger partial charge in [-0.05, 0) is 13.8 Å². The summed E-state index contributed by atoms with van der Waals surface area (Å²) in [6, 6.07) is 7.79. The summed E-state index contributed by atoms with van der Waals surface area (Å²) in [7, 11) is -1.73. The summed E-state index contributed by atoms with van der Waals surface area (Å²) in [5, 5.41) is 0.910. The zero-order valence-electron chi connectivity index (χ0n) is 7.42. The van der Waals surface area contributed by atoms with Crippen molar-refractivity contribution in [2.75, 3.05) is 6.54 Å². The second-order valence-electron chi connectivity index (χ2n) is 2.73. The summed E-state index contributed by atoms with van der Waals surface area (Å²) in [6.07, 6.45) is 0. The van der Waals surface area contributed by atoms with Gasteiger partial charge in [0.1, 0.15) is 0 Å². The second kappa shape index (κ2) is 4.16. The minimum absolute atomic E-state index is 0.756. The molecule has 1 N–H and O–H groups in total. The maximum absolute atomic E-state index is 11.4. The molecule has 0 aliphatic rings. The maximum Gasteiger partial charge on any atom is 0.428 e. The second-order valence-corrected chi connectivity index (χ2v) is 4.31. The van der Waals surface area contributed by atoms with E-state index < -0.39 is 8.84 Å². The van der Waals surface area contributed by atoms with E-state index in [1.807, 2.05) is 38.1 Å². The molecule has 0 aromatic heterocycles. The van der Waals surface area contributed by atoms with Gasteiger partial charge < -0.3 is 9.44 Å². The van der Waals surface area contributed by atoms with Gasteiger partial charge in [-0.3, -0.25) is 0 Å². The van der Waals surface area contributed by atoms with Crippen LogP contribution in [-0.4, -0.2) is 15.4 Å². The van der Waals surface area contributed by atoms with E-state index in [0.29, 0.717) is 0 Å². The fraction of sp³-hybridized carbons (Fsp3) is 0.333. The van der Waals surface area contributed by atoms with Crippen LogP contribution < -0.4 is 10.2 Å². The molecule has 1 aromatic carbocycles. The van der Waals surface area contributed by atoms with Gasteiger partial charge in [-0.25, -0.2) is 0 Å². The average molecular weight is 179 g/mol. The minimum Gasteiger partial charge on any atom is -0.387 e. The molecule has 0 saturated heterocycles. The number of rotatable bonds is 3. The molecule has 3 heteroatoms. The molecule has 1 rings (SSSR count). The van der Waals surface area contributed by atoms with Crippen molar-refractivity contribution in [2.24, 2.45) is 0 Å². The molecule has 0 radical (unpaired) electrons. The summed E-state index contributed by atoms with van der Waals surface area (Å²) in [4.78, 5) is 2.93. The van der Waals surface area contributed by atoms with Crippen LogP contribution in [0.2, 0.25) is 0 Å². The van der Waals surface area contributed by atoms with Gasteiger partial charge in [0.25, 0.3) is 0 Å². The lowest BCUT2D eigenvalue weighted by molar-refractivity contribution is 0.558. The molecule has 0 atom stereocenters. The summed E-state index contributed by atoms with van der Waals surface area (Å²) in [5.41, 5.74) is 1.20. The van der Waals surface area contributed by atoms with E-state index in [1.165, 1.54) is 5.56 Å². The van der Waals surface area contributed by atoms with Crippen molar-refractivity contribution in [1.82, 2.24) is 4.98 Å². The van der Waals surface area contributed by atoms with Crippen molar-refractivity contribution in [2.45, 2.75) is 13.8 Å². The van der Waals surface area contributed by atoms with Crippen LogP contribution in [0.5, 0.6) is 0 Å². The van der Waals surface area contributed by atoms with Crippen molar-refractivity contribution >= 4 is 14.0 Å². The molecule has 64 valence electrons. The Morgan fingerprint density at radius 3 is 2.42 bits per heavy atom. The Balaban J connectivity index is 2.75. The number of benzene rings is 1. The third kappa shape index (κ3) is 2.27. The Morgan fingerprint density at radius 1 is 1.33 bits per heavy atom. The first-order valence-electron chi connectivity index (χ1n) is 4.09. The van der Waals surface area contributed by atoms with Crippen LogP contribution in [0.3, 0.4) is 0 Å². The van der Waals surface area contributed by atoms with Crippen molar-refractivity contribution in [1.29, 1.82) is 0 Å². The standard InChI is InChI=1S/C9H13NOSi/c1-3-10-12(11)9-6-4-8(2)5-7-9/h4-7,10H,3H2,1-2H3. The third-order valence-corrected chi connectivity index (χ3v) is 3.18. The van der Waals surface area contributed by atoms with Crippen LogP contribution in [-0.2, 0) is 4.46 Å². The Bertz CT molecular complexity index is 268. The fourth-order valence-corrected chi connectivity index (χ4v) is 1.96. The highest BCUT2D eigenvalue weighted by atomic mass is 28.3. The van der Waals surface area contributed by atoms with E-state index in [1.54, 1.807) is 0 Å². The van der Waals surface area contributed by atoms with Gasteiger partial charge in [0.15, 0.2) is 0 Å². The molecule has 0 unspecified atom stereocenters. The SMILES string of the molecule is CCN[Si](=O)c1ccc(C)cc1. The monoisotopic (exact) mass is 179 g/mol.